The highest BCUT2D eigenvalue weighted by Crippen LogP contribution is 2.16. The van der Waals surface area contributed by atoms with Crippen molar-refractivity contribution in [1.29, 1.82) is 0 Å². The average Bonchev–Trinajstić information content (AvgIpc) is 2.29. The predicted octanol–water partition coefficient (Wildman–Crippen LogP) is 3.49. The van der Waals surface area contributed by atoms with Gasteiger partial charge in [-0.25, -0.2) is 4.39 Å². The summed E-state index contributed by atoms with van der Waals surface area (Å²) in [5.74, 6) is -0.692. The van der Waals surface area contributed by atoms with E-state index in [9.17, 15) is 9.18 Å². The largest absolute Gasteiger partial charge is 0.351 e. The van der Waals surface area contributed by atoms with Crippen LogP contribution >= 0.6 is 31.9 Å². The van der Waals surface area contributed by atoms with Crippen LogP contribution in [0.15, 0.2) is 22.7 Å². The first-order chi connectivity index (χ1) is 7.54. The quantitative estimate of drug-likeness (QED) is 0.825. The third-order valence-corrected chi connectivity index (χ3v) is 3.72. The summed E-state index contributed by atoms with van der Waals surface area (Å²) in [6.45, 7) is 2.55. The van der Waals surface area contributed by atoms with Crippen LogP contribution in [0.5, 0.6) is 0 Å². The summed E-state index contributed by atoms with van der Waals surface area (Å²) in [6, 6.07) is 4.32. The molecule has 0 fully saturated rings. The van der Waals surface area contributed by atoms with E-state index < -0.39 is 5.82 Å². The van der Waals surface area contributed by atoms with E-state index in [0.717, 1.165) is 6.42 Å². The fourth-order valence-corrected chi connectivity index (χ4v) is 1.50. The third-order valence-electron chi connectivity index (χ3n) is 2.11. The van der Waals surface area contributed by atoms with Gasteiger partial charge in [0.25, 0.3) is 5.91 Å². The van der Waals surface area contributed by atoms with Gasteiger partial charge in [-0.1, -0.05) is 22.9 Å². The van der Waals surface area contributed by atoms with Crippen molar-refractivity contribution >= 4 is 37.8 Å². The van der Waals surface area contributed by atoms with E-state index in [1.165, 1.54) is 12.1 Å². The number of alkyl halides is 1. The van der Waals surface area contributed by atoms with Gasteiger partial charge in [-0.05, 0) is 40.5 Å². The molecule has 1 rings (SSSR count). The van der Waals surface area contributed by atoms with Gasteiger partial charge in [0, 0.05) is 16.9 Å². The number of benzene rings is 1. The summed E-state index contributed by atoms with van der Waals surface area (Å²) < 4.78 is 13.5. The second-order valence-electron chi connectivity index (χ2n) is 3.34. The van der Waals surface area contributed by atoms with Gasteiger partial charge in [-0.15, -0.1) is 0 Å². The van der Waals surface area contributed by atoms with E-state index in [-0.39, 0.29) is 10.7 Å². The predicted molar refractivity (Wildman–Crippen MR) is 69.4 cm³/mol. The van der Waals surface area contributed by atoms with Crippen LogP contribution in [0.2, 0.25) is 0 Å². The fourth-order valence-electron chi connectivity index (χ4n) is 1.09. The van der Waals surface area contributed by atoms with Crippen LogP contribution in [0.3, 0.4) is 0 Å². The molecule has 0 aliphatic carbocycles. The molecule has 0 heterocycles. The summed E-state index contributed by atoms with van der Waals surface area (Å²) in [7, 11) is 0. The molecular weight excluding hydrogens is 341 g/mol. The molecule has 5 heteroatoms. The van der Waals surface area contributed by atoms with Crippen LogP contribution in [0, 0.1) is 5.82 Å². The lowest BCUT2D eigenvalue weighted by Gasteiger charge is -2.09. The van der Waals surface area contributed by atoms with E-state index in [2.05, 4.69) is 37.2 Å². The minimum atomic E-state index is -0.432. The Hall–Kier alpha value is -0.420. The van der Waals surface area contributed by atoms with Gasteiger partial charge in [0.15, 0.2) is 0 Å². The van der Waals surface area contributed by atoms with E-state index in [1.54, 1.807) is 6.07 Å². The zero-order chi connectivity index (χ0) is 12.1. The summed E-state index contributed by atoms with van der Waals surface area (Å²) in [5, 5.41) is 2.73. The molecule has 0 aromatic heterocycles. The number of hydrogen-bond acceptors (Lipinski definition) is 1. The van der Waals surface area contributed by atoms with Gasteiger partial charge in [-0.3, -0.25) is 4.79 Å². The molecule has 1 aromatic rings. The second kappa shape index (κ2) is 6.35. The van der Waals surface area contributed by atoms with Crippen LogP contribution in [0.4, 0.5) is 4.39 Å². The van der Waals surface area contributed by atoms with Crippen molar-refractivity contribution in [2.24, 2.45) is 0 Å². The molecule has 2 nitrogen and oxygen atoms in total. The zero-order valence-electron chi connectivity index (χ0n) is 8.77. The van der Waals surface area contributed by atoms with Gasteiger partial charge in [-0.2, -0.15) is 0 Å². The maximum atomic E-state index is 13.2. The van der Waals surface area contributed by atoms with Crippen molar-refractivity contribution in [1.82, 2.24) is 5.32 Å². The normalized spacial score (nSPS) is 12.2. The molecule has 1 amide bonds. The molecule has 1 unspecified atom stereocenters. The highest BCUT2D eigenvalue weighted by molar-refractivity contribution is 9.10. The molecule has 1 aromatic carbocycles. The molecule has 88 valence electrons. The van der Waals surface area contributed by atoms with E-state index in [0.29, 0.717) is 16.6 Å². The SMILES string of the molecule is CCC(Br)CNC(=O)c1ccc(Br)c(F)c1. The maximum absolute atomic E-state index is 13.2. The molecule has 0 saturated carbocycles. The Morgan fingerprint density at radius 1 is 1.56 bits per heavy atom. The van der Waals surface area contributed by atoms with Gasteiger partial charge in [0.05, 0.1) is 4.47 Å². The second-order valence-corrected chi connectivity index (χ2v) is 5.49. The van der Waals surface area contributed by atoms with Gasteiger partial charge in [0.1, 0.15) is 5.82 Å². The first-order valence-electron chi connectivity index (χ1n) is 4.92. The molecule has 1 N–H and O–H groups in total. The average molecular weight is 353 g/mol. The van der Waals surface area contributed by atoms with Crippen molar-refractivity contribution in [3.63, 3.8) is 0 Å². The smallest absolute Gasteiger partial charge is 0.251 e. The molecule has 1 atom stereocenters. The summed E-state index contributed by atoms with van der Waals surface area (Å²) >= 11 is 6.45. The molecule has 0 aliphatic rings. The van der Waals surface area contributed by atoms with Crippen molar-refractivity contribution in [2.45, 2.75) is 18.2 Å². The first-order valence-corrected chi connectivity index (χ1v) is 6.62. The van der Waals surface area contributed by atoms with Crippen LogP contribution in [0.1, 0.15) is 23.7 Å². The standard InChI is InChI=1S/C11H12Br2FNO/c1-2-8(12)6-15-11(16)7-3-4-9(13)10(14)5-7/h3-5,8H,2,6H2,1H3,(H,15,16). The van der Waals surface area contributed by atoms with E-state index in [1.807, 2.05) is 6.92 Å². The lowest BCUT2D eigenvalue weighted by molar-refractivity contribution is 0.0953. The Labute approximate surface area is 111 Å². The molecule has 0 aliphatic heterocycles. The minimum Gasteiger partial charge on any atom is -0.351 e. The van der Waals surface area contributed by atoms with Crippen LogP contribution in [-0.4, -0.2) is 17.3 Å². The first kappa shape index (κ1) is 13.6. The van der Waals surface area contributed by atoms with Crippen LogP contribution < -0.4 is 5.32 Å². The molecule has 0 saturated heterocycles. The Morgan fingerprint density at radius 3 is 2.81 bits per heavy atom. The third kappa shape index (κ3) is 3.87. The lowest BCUT2D eigenvalue weighted by atomic mass is 10.2. The summed E-state index contributed by atoms with van der Waals surface area (Å²) in [4.78, 5) is 11.9. The van der Waals surface area contributed by atoms with Gasteiger partial charge < -0.3 is 5.32 Å². The highest BCUT2D eigenvalue weighted by Gasteiger charge is 2.09. The lowest BCUT2D eigenvalue weighted by Crippen LogP contribution is -2.29. The number of halogens is 3. The summed E-state index contributed by atoms with van der Waals surface area (Å²) in [5.41, 5.74) is 0.330. The minimum absolute atomic E-state index is 0.247. The molecule has 16 heavy (non-hydrogen) atoms. The Balaban J connectivity index is 2.63. The maximum Gasteiger partial charge on any atom is 0.251 e. The van der Waals surface area contributed by atoms with Gasteiger partial charge >= 0.3 is 0 Å². The number of carbonyl (C=O) groups excluding carboxylic acids is 1. The van der Waals surface area contributed by atoms with Crippen molar-refractivity contribution in [2.75, 3.05) is 6.54 Å². The number of carbonyl (C=O) groups is 1. The topological polar surface area (TPSA) is 29.1 Å². The van der Waals surface area contributed by atoms with E-state index in [4.69, 9.17) is 0 Å². The van der Waals surface area contributed by atoms with Gasteiger partial charge in [0.2, 0.25) is 0 Å². The van der Waals surface area contributed by atoms with E-state index >= 15 is 0 Å². The fraction of sp³-hybridized carbons (Fsp3) is 0.364. The Bertz CT molecular complexity index is 384. The molecule has 0 bridgehead atoms. The van der Waals surface area contributed by atoms with Crippen molar-refractivity contribution in [3.8, 4) is 0 Å². The zero-order valence-corrected chi connectivity index (χ0v) is 11.9. The van der Waals surface area contributed by atoms with Crippen molar-refractivity contribution in [3.05, 3.63) is 34.1 Å². The van der Waals surface area contributed by atoms with Crippen molar-refractivity contribution < 1.29 is 9.18 Å². The molecular formula is C11H12Br2FNO. The Morgan fingerprint density at radius 2 is 2.25 bits per heavy atom. The van der Waals surface area contributed by atoms with Crippen LogP contribution in [-0.2, 0) is 0 Å². The number of rotatable bonds is 4. The van der Waals surface area contributed by atoms with Crippen LogP contribution in [0.25, 0.3) is 0 Å². The highest BCUT2D eigenvalue weighted by atomic mass is 79.9. The Kier molecular flexibility index (Phi) is 5.41. The molecule has 0 spiro atoms. The number of nitrogens with one attached hydrogen (secondary N) is 1. The number of amides is 1. The number of hydrogen-bond donors (Lipinski definition) is 1. The monoisotopic (exact) mass is 351 g/mol. The molecule has 0 radical (unpaired) electrons. The summed E-state index contributed by atoms with van der Waals surface area (Å²) in [6.07, 6.45) is 0.926.